The number of rotatable bonds is 7. The van der Waals surface area contributed by atoms with Crippen LogP contribution in [-0.2, 0) is 6.54 Å². The molecule has 21 heavy (non-hydrogen) atoms. The van der Waals surface area contributed by atoms with Gasteiger partial charge in [-0.3, -0.25) is 0 Å². The molecule has 0 radical (unpaired) electrons. The van der Waals surface area contributed by atoms with Gasteiger partial charge >= 0.3 is 0 Å². The second-order valence-corrected chi connectivity index (χ2v) is 5.07. The third-order valence-electron chi connectivity index (χ3n) is 2.98. The summed E-state index contributed by atoms with van der Waals surface area (Å²) in [4.78, 5) is 0. The van der Waals surface area contributed by atoms with E-state index in [-0.39, 0.29) is 0 Å². The van der Waals surface area contributed by atoms with E-state index >= 15 is 0 Å². The summed E-state index contributed by atoms with van der Waals surface area (Å²) in [5, 5.41) is 15.2. The van der Waals surface area contributed by atoms with Crippen LogP contribution in [0.4, 0.5) is 0 Å². The molecule has 0 aliphatic carbocycles. The zero-order chi connectivity index (χ0) is 15.2. The SMILES string of the molecule is COc1ccc(OC)c(-n2nnnc2CNCC(C)C)c1. The molecule has 0 aliphatic rings. The smallest absolute Gasteiger partial charge is 0.170 e. The molecule has 1 N–H and O–H groups in total. The fourth-order valence-corrected chi connectivity index (χ4v) is 1.94. The Hall–Kier alpha value is -2.15. The maximum absolute atomic E-state index is 5.37. The van der Waals surface area contributed by atoms with Gasteiger partial charge in [-0.2, -0.15) is 4.68 Å². The fourth-order valence-electron chi connectivity index (χ4n) is 1.94. The molecule has 7 nitrogen and oxygen atoms in total. The Kier molecular flexibility index (Phi) is 5.10. The van der Waals surface area contributed by atoms with Gasteiger partial charge in [0.05, 0.1) is 20.8 Å². The zero-order valence-corrected chi connectivity index (χ0v) is 12.8. The molecular formula is C14H21N5O2. The largest absolute Gasteiger partial charge is 0.497 e. The van der Waals surface area contributed by atoms with E-state index in [0.717, 1.165) is 23.8 Å². The van der Waals surface area contributed by atoms with Crippen molar-refractivity contribution in [2.45, 2.75) is 20.4 Å². The Morgan fingerprint density at radius 3 is 2.71 bits per heavy atom. The van der Waals surface area contributed by atoms with E-state index in [1.165, 1.54) is 0 Å². The summed E-state index contributed by atoms with van der Waals surface area (Å²) < 4.78 is 12.3. The summed E-state index contributed by atoms with van der Waals surface area (Å²) in [6.45, 7) is 5.80. The molecule has 0 fully saturated rings. The number of methoxy groups -OCH3 is 2. The van der Waals surface area contributed by atoms with Crippen LogP contribution in [-0.4, -0.2) is 41.0 Å². The van der Waals surface area contributed by atoms with Crippen LogP contribution in [0.25, 0.3) is 5.69 Å². The van der Waals surface area contributed by atoms with Crippen LogP contribution in [0.5, 0.6) is 11.5 Å². The van der Waals surface area contributed by atoms with E-state index in [0.29, 0.717) is 18.2 Å². The van der Waals surface area contributed by atoms with Crippen LogP contribution in [0.1, 0.15) is 19.7 Å². The number of benzene rings is 1. The van der Waals surface area contributed by atoms with E-state index in [1.807, 2.05) is 18.2 Å². The molecule has 1 aromatic carbocycles. The molecule has 1 heterocycles. The molecule has 0 aliphatic heterocycles. The summed E-state index contributed by atoms with van der Waals surface area (Å²) >= 11 is 0. The van der Waals surface area contributed by atoms with E-state index in [9.17, 15) is 0 Å². The number of nitrogens with zero attached hydrogens (tertiary/aromatic N) is 4. The van der Waals surface area contributed by atoms with Gasteiger partial charge in [-0.25, -0.2) is 0 Å². The number of hydrogen-bond acceptors (Lipinski definition) is 6. The molecule has 7 heteroatoms. The Balaban J connectivity index is 2.27. The monoisotopic (exact) mass is 291 g/mol. The molecule has 0 spiro atoms. The van der Waals surface area contributed by atoms with Crippen molar-refractivity contribution in [3.63, 3.8) is 0 Å². The minimum absolute atomic E-state index is 0.570. The van der Waals surface area contributed by atoms with Crippen molar-refractivity contribution in [3.05, 3.63) is 24.0 Å². The topological polar surface area (TPSA) is 74.1 Å². The predicted octanol–water partition coefficient (Wildman–Crippen LogP) is 1.43. The number of nitrogens with one attached hydrogen (secondary N) is 1. The lowest BCUT2D eigenvalue weighted by atomic mass is 10.2. The van der Waals surface area contributed by atoms with Crippen molar-refractivity contribution >= 4 is 0 Å². The lowest BCUT2D eigenvalue weighted by Crippen LogP contribution is -2.21. The van der Waals surface area contributed by atoms with Gasteiger partial charge in [0, 0.05) is 6.07 Å². The average Bonchev–Trinajstić information content (AvgIpc) is 2.94. The summed E-state index contributed by atoms with van der Waals surface area (Å²) in [7, 11) is 3.24. The summed E-state index contributed by atoms with van der Waals surface area (Å²) in [5.41, 5.74) is 0.753. The van der Waals surface area contributed by atoms with Gasteiger partial charge < -0.3 is 14.8 Å². The third-order valence-corrected chi connectivity index (χ3v) is 2.98. The number of hydrogen-bond donors (Lipinski definition) is 1. The number of aromatic nitrogens is 4. The van der Waals surface area contributed by atoms with Crippen LogP contribution in [0.15, 0.2) is 18.2 Å². The minimum Gasteiger partial charge on any atom is -0.497 e. The second-order valence-electron chi connectivity index (χ2n) is 5.07. The summed E-state index contributed by atoms with van der Waals surface area (Å²) in [5.74, 6) is 2.71. The summed E-state index contributed by atoms with van der Waals surface area (Å²) in [6, 6.07) is 5.52. The Labute approximate surface area is 124 Å². The van der Waals surface area contributed by atoms with Gasteiger partial charge in [0.25, 0.3) is 0 Å². The molecule has 1 aromatic heterocycles. The molecule has 0 unspecified atom stereocenters. The van der Waals surface area contributed by atoms with Crippen molar-refractivity contribution in [3.8, 4) is 17.2 Å². The molecule has 0 amide bonds. The van der Waals surface area contributed by atoms with Crippen LogP contribution >= 0.6 is 0 Å². The Bertz CT molecular complexity index is 582. The first-order chi connectivity index (χ1) is 10.2. The van der Waals surface area contributed by atoms with Crippen LogP contribution < -0.4 is 14.8 Å². The van der Waals surface area contributed by atoms with Crippen LogP contribution in [0.3, 0.4) is 0 Å². The Morgan fingerprint density at radius 2 is 2.05 bits per heavy atom. The van der Waals surface area contributed by atoms with Crippen LogP contribution in [0.2, 0.25) is 0 Å². The van der Waals surface area contributed by atoms with Gasteiger partial charge in [-0.05, 0) is 35.0 Å². The maximum atomic E-state index is 5.37. The van der Waals surface area contributed by atoms with Gasteiger partial charge in [-0.15, -0.1) is 5.10 Å². The normalized spacial score (nSPS) is 10.9. The van der Waals surface area contributed by atoms with Gasteiger partial charge in [-0.1, -0.05) is 13.8 Å². The Morgan fingerprint density at radius 1 is 1.24 bits per heavy atom. The van der Waals surface area contributed by atoms with E-state index < -0.39 is 0 Å². The molecule has 0 saturated carbocycles. The van der Waals surface area contributed by atoms with Gasteiger partial charge in [0.1, 0.15) is 17.2 Å². The fraction of sp³-hybridized carbons (Fsp3) is 0.500. The quantitative estimate of drug-likeness (QED) is 0.831. The van der Waals surface area contributed by atoms with Crippen molar-refractivity contribution in [1.29, 1.82) is 0 Å². The summed E-state index contributed by atoms with van der Waals surface area (Å²) in [6.07, 6.45) is 0. The third kappa shape index (κ3) is 3.69. The highest BCUT2D eigenvalue weighted by Gasteiger charge is 2.14. The van der Waals surface area contributed by atoms with Crippen molar-refractivity contribution in [2.75, 3.05) is 20.8 Å². The van der Waals surface area contributed by atoms with Crippen molar-refractivity contribution in [1.82, 2.24) is 25.5 Å². The van der Waals surface area contributed by atoms with E-state index in [1.54, 1.807) is 18.9 Å². The van der Waals surface area contributed by atoms with Gasteiger partial charge in [0.2, 0.25) is 0 Å². The minimum atomic E-state index is 0.570. The lowest BCUT2D eigenvalue weighted by molar-refractivity contribution is 0.399. The van der Waals surface area contributed by atoms with Crippen LogP contribution in [0, 0.1) is 5.92 Å². The average molecular weight is 291 g/mol. The first-order valence-electron chi connectivity index (χ1n) is 6.86. The van der Waals surface area contributed by atoms with E-state index in [2.05, 4.69) is 34.7 Å². The highest BCUT2D eigenvalue weighted by molar-refractivity contribution is 5.50. The van der Waals surface area contributed by atoms with E-state index in [4.69, 9.17) is 9.47 Å². The van der Waals surface area contributed by atoms with Crippen molar-refractivity contribution < 1.29 is 9.47 Å². The standard InChI is InChI=1S/C14H21N5O2/c1-10(2)8-15-9-14-16-17-18-19(14)12-7-11(20-3)5-6-13(12)21-4/h5-7,10,15H,8-9H2,1-4H3. The lowest BCUT2D eigenvalue weighted by Gasteiger charge is -2.12. The van der Waals surface area contributed by atoms with Gasteiger partial charge in [0.15, 0.2) is 5.82 Å². The number of tetrazole rings is 1. The highest BCUT2D eigenvalue weighted by Crippen LogP contribution is 2.27. The molecule has 114 valence electrons. The molecule has 2 rings (SSSR count). The maximum Gasteiger partial charge on any atom is 0.170 e. The highest BCUT2D eigenvalue weighted by atomic mass is 16.5. The molecule has 2 aromatic rings. The zero-order valence-electron chi connectivity index (χ0n) is 12.8. The molecule has 0 bridgehead atoms. The second kappa shape index (κ2) is 7.03. The molecule has 0 atom stereocenters. The molecular weight excluding hydrogens is 270 g/mol. The predicted molar refractivity (Wildman–Crippen MR) is 78.8 cm³/mol. The number of ether oxygens (including phenoxy) is 2. The van der Waals surface area contributed by atoms with Crippen molar-refractivity contribution in [2.24, 2.45) is 5.92 Å². The first-order valence-corrected chi connectivity index (χ1v) is 6.86. The molecule has 0 saturated heterocycles. The first kappa shape index (κ1) is 15.2.